The summed E-state index contributed by atoms with van der Waals surface area (Å²) in [7, 11) is 0. The molecule has 21 heavy (non-hydrogen) atoms. The number of aromatic nitrogens is 3. The lowest BCUT2D eigenvalue weighted by molar-refractivity contribution is -0.122. The first-order chi connectivity index (χ1) is 10.2. The first-order valence-electron chi connectivity index (χ1n) is 6.69. The predicted octanol–water partition coefficient (Wildman–Crippen LogP) is 1.56. The molecule has 2 aromatic rings. The van der Waals surface area contributed by atoms with Gasteiger partial charge in [-0.05, 0) is 24.1 Å². The maximum absolute atomic E-state index is 11.9. The molecule has 0 saturated carbocycles. The Hall–Kier alpha value is -1.92. The van der Waals surface area contributed by atoms with E-state index in [0.29, 0.717) is 24.4 Å². The second kappa shape index (κ2) is 7.75. The van der Waals surface area contributed by atoms with Crippen molar-refractivity contribution in [1.29, 1.82) is 0 Å². The number of rotatable bonds is 7. The highest BCUT2D eigenvalue weighted by Crippen LogP contribution is 2.16. The Balaban J connectivity index is 1.80. The van der Waals surface area contributed by atoms with Crippen molar-refractivity contribution in [3.63, 3.8) is 0 Å². The van der Waals surface area contributed by atoms with Gasteiger partial charge in [-0.15, -0.1) is 5.10 Å². The molecule has 0 bridgehead atoms. The van der Waals surface area contributed by atoms with Crippen LogP contribution in [-0.4, -0.2) is 32.6 Å². The maximum Gasteiger partial charge on any atom is 0.220 e. The van der Waals surface area contributed by atoms with Gasteiger partial charge >= 0.3 is 0 Å². The number of carbonyl (C=O) groups is 1. The molecule has 0 saturated heterocycles. The van der Waals surface area contributed by atoms with Crippen molar-refractivity contribution in [2.75, 3.05) is 6.61 Å². The van der Waals surface area contributed by atoms with Gasteiger partial charge in [0.2, 0.25) is 5.91 Å². The van der Waals surface area contributed by atoms with E-state index in [0.717, 1.165) is 5.56 Å². The van der Waals surface area contributed by atoms with Crippen molar-refractivity contribution in [2.24, 2.45) is 0 Å². The van der Waals surface area contributed by atoms with E-state index in [2.05, 4.69) is 15.6 Å². The van der Waals surface area contributed by atoms with Crippen molar-refractivity contribution < 1.29 is 9.90 Å². The van der Waals surface area contributed by atoms with E-state index in [4.69, 9.17) is 11.6 Å². The Kier molecular flexibility index (Phi) is 5.71. The maximum atomic E-state index is 11.9. The Morgan fingerprint density at radius 3 is 2.76 bits per heavy atom. The third-order valence-corrected chi connectivity index (χ3v) is 3.31. The third kappa shape index (κ3) is 4.84. The molecule has 0 fully saturated rings. The third-order valence-electron chi connectivity index (χ3n) is 3.05. The van der Waals surface area contributed by atoms with Crippen LogP contribution in [0.3, 0.4) is 0 Å². The van der Waals surface area contributed by atoms with E-state index < -0.39 is 6.04 Å². The molecular formula is C14H17ClN4O2. The molecule has 112 valence electrons. The molecule has 0 radical (unpaired) electrons. The molecule has 1 aromatic heterocycles. The lowest BCUT2D eigenvalue weighted by atomic mass is 10.1. The molecule has 1 amide bonds. The van der Waals surface area contributed by atoms with Crippen LogP contribution < -0.4 is 5.32 Å². The van der Waals surface area contributed by atoms with Crippen molar-refractivity contribution in [1.82, 2.24) is 20.3 Å². The number of aliphatic hydroxyl groups excluding tert-OH is 1. The van der Waals surface area contributed by atoms with Gasteiger partial charge in [0.25, 0.3) is 0 Å². The molecular weight excluding hydrogens is 292 g/mol. The fraction of sp³-hybridized carbons (Fsp3) is 0.357. The number of hydrogen-bond donors (Lipinski definition) is 2. The summed E-state index contributed by atoms with van der Waals surface area (Å²) >= 11 is 5.82. The second-order valence-corrected chi connectivity index (χ2v) is 5.06. The van der Waals surface area contributed by atoms with E-state index in [9.17, 15) is 9.90 Å². The van der Waals surface area contributed by atoms with E-state index in [1.54, 1.807) is 41.3 Å². The summed E-state index contributed by atoms with van der Waals surface area (Å²) in [5.41, 5.74) is 0.825. The number of nitrogens with one attached hydrogen (secondary N) is 1. The summed E-state index contributed by atoms with van der Waals surface area (Å²) < 4.78 is 1.68. The fourth-order valence-corrected chi connectivity index (χ4v) is 2.08. The molecule has 1 atom stereocenters. The average Bonchev–Trinajstić information content (AvgIpc) is 2.99. The monoisotopic (exact) mass is 308 g/mol. The van der Waals surface area contributed by atoms with Crippen LogP contribution in [0, 0.1) is 0 Å². The van der Waals surface area contributed by atoms with E-state index in [-0.39, 0.29) is 12.5 Å². The van der Waals surface area contributed by atoms with Crippen molar-refractivity contribution in [3.05, 3.63) is 47.2 Å². The largest absolute Gasteiger partial charge is 0.394 e. The zero-order chi connectivity index (χ0) is 15.1. The minimum Gasteiger partial charge on any atom is -0.394 e. The summed E-state index contributed by atoms with van der Waals surface area (Å²) in [4.78, 5) is 11.9. The Morgan fingerprint density at radius 2 is 2.14 bits per heavy atom. The highest BCUT2D eigenvalue weighted by molar-refractivity contribution is 6.30. The number of amides is 1. The van der Waals surface area contributed by atoms with Gasteiger partial charge in [0.05, 0.1) is 18.8 Å². The fourth-order valence-electron chi connectivity index (χ4n) is 1.95. The van der Waals surface area contributed by atoms with E-state index >= 15 is 0 Å². The smallest absolute Gasteiger partial charge is 0.220 e. The predicted molar refractivity (Wildman–Crippen MR) is 78.7 cm³/mol. The van der Waals surface area contributed by atoms with Crippen LogP contribution in [0.5, 0.6) is 0 Å². The number of nitrogens with zero attached hydrogens (tertiary/aromatic N) is 3. The summed E-state index contributed by atoms with van der Waals surface area (Å²) in [5.74, 6) is -0.107. The van der Waals surface area contributed by atoms with Gasteiger partial charge in [-0.1, -0.05) is 28.9 Å². The topological polar surface area (TPSA) is 80.0 Å². The Bertz CT molecular complexity index is 557. The number of benzene rings is 1. The summed E-state index contributed by atoms with van der Waals surface area (Å²) in [6.07, 6.45) is 4.38. The van der Waals surface area contributed by atoms with Gasteiger partial charge in [0.15, 0.2) is 0 Å². The van der Waals surface area contributed by atoms with Gasteiger partial charge in [-0.25, -0.2) is 0 Å². The molecule has 0 aliphatic carbocycles. The Labute approximate surface area is 127 Å². The van der Waals surface area contributed by atoms with Gasteiger partial charge in [-0.2, -0.15) is 0 Å². The number of aliphatic hydroxyl groups is 1. The van der Waals surface area contributed by atoms with E-state index in [1.165, 1.54) is 0 Å². The zero-order valence-corrected chi connectivity index (χ0v) is 12.2. The van der Waals surface area contributed by atoms with Crippen LogP contribution in [-0.2, 0) is 11.3 Å². The lowest BCUT2D eigenvalue weighted by Crippen LogP contribution is -2.30. The second-order valence-electron chi connectivity index (χ2n) is 4.62. The van der Waals surface area contributed by atoms with Crippen LogP contribution in [0.25, 0.3) is 0 Å². The first-order valence-corrected chi connectivity index (χ1v) is 7.06. The number of halogens is 1. The van der Waals surface area contributed by atoms with Crippen molar-refractivity contribution >= 4 is 17.5 Å². The molecule has 0 spiro atoms. The van der Waals surface area contributed by atoms with Gasteiger partial charge < -0.3 is 10.4 Å². The van der Waals surface area contributed by atoms with Crippen molar-refractivity contribution in [2.45, 2.75) is 25.4 Å². The average molecular weight is 309 g/mol. The molecule has 6 nitrogen and oxygen atoms in total. The Morgan fingerprint density at radius 1 is 1.38 bits per heavy atom. The van der Waals surface area contributed by atoms with Crippen molar-refractivity contribution in [3.8, 4) is 0 Å². The minimum atomic E-state index is -0.416. The SMILES string of the molecule is O=C(CCCn1ccnn1)NC(CO)c1ccc(Cl)cc1. The van der Waals surface area contributed by atoms with Gasteiger partial charge in [0.1, 0.15) is 0 Å². The lowest BCUT2D eigenvalue weighted by Gasteiger charge is -2.16. The van der Waals surface area contributed by atoms with Crippen LogP contribution in [0.15, 0.2) is 36.7 Å². The normalized spacial score (nSPS) is 12.1. The highest BCUT2D eigenvalue weighted by Gasteiger charge is 2.13. The van der Waals surface area contributed by atoms with E-state index in [1.807, 2.05) is 0 Å². The summed E-state index contributed by atoms with van der Waals surface area (Å²) in [5, 5.41) is 20.4. The minimum absolute atomic E-state index is 0.107. The molecule has 0 aliphatic heterocycles. The summed E-state index contributed by atoms with van der Waals surface area (Å²) in [6.45, 7) is 0.481. The standard InChI is InChI=1S/C14H17ClN4O2/c15-12-5-3-11(4-6-12)13(10-20)17-14(21)2-1-8-19-9-7-16-18-19/h3-7,9,13,20H,1-2,8,10H2,(H,17,21). The van der Waals surface area contributed by atoms with Crippen LogP contribution >= 0.6 is 11.6 Å². The summed E-state index contributed by atoms with van der Waals surface area (Å²) in [6, 6.07) is 6.63. The number of aryl methyl sites for hydroxylation is 1. The molecule has 2 rings (SSSR count). The highest BCUT2D eigenvalue weighted by atomic mass is 35.5. The molecule has 7 heteroatoms. The number of hydrogen-bond acceptors (Lipinski definition) is 4. The molecule has 1 heterocycles. The molecule has 1 aromatic carbocycles. The molecule has 1 unspecified atom stereocenters. The van der Waals surface area contributed by atoms with Gasteiger partial charge in [-0.3, -0.25) is 9.48 Å². The first kappa shape index (κ1) is 15.5. The van der Waals surface area contributed by atoms with Crippen LogP contribution in [0.1, 0.15) is 24.4 Å². The zero-order valence-electron chi connectivity index (χ0n) is 11.4. The number of carbonyl (C=O) groups excluding carboxylic acids is 1. The van der Waals surface area contributed by atoms with Crippen LogP contribution in [0.2, 0.25) is 5.02 Å². The quantitative estimate of drug-likeness (QED) is 0.813. The van der Waals surface area contributed by atoms with Crippen LogP contribution in [0.4, 0.5) is 0 Å². The van der Waals surface area contributed by atoms with Gasteiger partial charge in [0, 0.05) is 24.2 Å². The molecule has 2 N–H and O–H groups in total. The molecule has 0 aliphatic rings.